The maximum Gasteiger partial charge on any atom is 0.0106 e. The van der Waals surface area contributed by atoms with Crippen LogP contribution in [0.2, 0.25) is 5.04 Å². The quantitative estimate of drug-likeness (QED) is 0.483. The zero-order chi connectivity index (χ0) is 10.6. The van der Waals surface area contributed by atoms with Gasteiger partial charge in [-0.2, -0.15) is 0 Å². The van der Waals surface area contributed by atoms with Crippen molar-refractivity contribution in [3.8, 4) is 0 Å². The van der Waals surface area contributed by atoms with Crippen molar-refractivity contribution in [3.63, 3.8) is 0 Å². The van der Waals surface area contributed by atoms with E-state index < -0.39 is 0 Å². The minimum atomic E-state index is 0.531. The second-order valence-electron chi connectivity index (χ2n) is 6.86. The molecule has 0 amide bonds. The van der Waals surface area contributed by atoms with Crippen LogP contribution in [0.4, 0.5) is 0 Å². The van der Waals surface area contributed by atoms with Crippen LogP contribution < -0.4 is 0 Å². The Hall–Kier alpha value is -0.0431. The van der Waals surface area contributed by atoms with E-state index >= 15 is 0 Å². The molecule has 0 aromatic carbocycles. The first-order valence-electron chi connectivity index (χ1n) is 6.01. The van der Waals surface area contributed by atoms with Gasteiger partial charge in [-0.1, -0.05) is 39.8 Å². The van der Waals surface area contributed by atoms with Crippen molar-refractivity contribution in [1.29, 1.82) is 0 Å². The molecule has 0 aromatic heterocycles. The average Bonchev–Trinajstić information content (AvgIpc) is 2.61. The van der Waals surface area contributed by atoms with Crippen molar-refractivity contribution in [2.45, 2.75) is 45.6 Å². The Morgan fingerprint density at radius 1 is 1.07 bits per heavy atom. The van der Waals surface area contributed by atoms with E-state index in [0.717, 1.165) is 17.8 Å². The van der Waals surface area contributed by atoms with E-state index in [1.807, 2.05) is 0 Å². The topological polar surface area (TPSA) is 0 Å². The van der Waals surface area contributed by atoms with Gasteiger partial charge in [-0.05, 0) is 41.0 Å². The smallest absolute Gasteiger partial charge is 0.0106 e. The first kappa shape index (κ1) is 10.5. The summed E-state index contributed by atoms with van der Waals surface area (Å²) in [6, 6.07) is 0. The summed E-state index contributed by atoms with van der Waals surface area (Å²) < 4.78 is 0. The Labute approximate surface area is 91.6 Å². The number of hydrogen-bond acceptors (Lipinski definition) is 0. The van der Waals surface area contributed by atoms with Gasteiger partial charge in [0, 0.05) is 10.2 Å². The van der Waals surface area contributed by atoms with Crippen LogP contribution in [0.5, 0.6) is 0 Å². The molecule has 0 spiro atoms. The lowest BCUT2D eigenvalue weighted by atomic mass is 9.65. The molecule has 0 heterocycles. The van der Waals surface area contributed by atoms with Crippen LogP contribution in [0.3, 0.4) is 0 Å². The summed E-state index contributed by atoms with van der Waals surface area (Å²) in [5.41, 5.74) is 0.531. The molecular weight excluding hydrogens is 184 g/mol. The first-order valence-corrected chi connectivity index (χ1v) is 7.01. The molecular formula is C13H24Si. The van der Waals surface area contributed by atoms with Gasteiger partial charge in [0.25, 0.3) is 0 Å². The normalized spacial score (nSPS) is 37.0. The van der Waals surface area contributed by atoms with Crippen LogP contribution >= 0.6 is 0 Å². The summed E-state index contributed by atoms with van der Waals surface area (Å²) >= 11 is 0. The SMILES string of the molecule is CC(C)([SiH3])C(C)(C)C1CC2C=CC1C2. The molecule has 80 valence electrons. The molecule has 2 bridgehead atoms. The highest BCUT2D eigenvalue weighted by molar-refractivity contribution is 6.15. The van der Waals surface area contributed by atoms with Crippen LogP contribution in [-0.2, 0) is 0 Å². The highest BCUT2D eigenvalue weighted by atomic mass is 28.1. The highest BCUT2D eigenvalue weighted by Gasteiger charge is 2.48. The van der Waals surface area contributed by atoms with Crippen LogP contribution in [-0.4, -0.2) is 10.2 Å². The zero-order valence-electron chi connectivity index (χ0n) is 10.3. The Morgan fingerprint density at radius 3 is 2.07 bits per heavy atom. The van der Waals surface area contributed by atoms with E-state index in [1.54, 1.807) is 0 Å². The van der Waals surface area contributed by atoms with Gasteiger partial charge in [0.05, 0.1) is 0 Å². The molecule has 2 aliphatic rings. The molecule has 2 aliphatic carbocycles. The van der Waals surface area contributed by atoms with E-state index in [9.17, 15) is 0 Å². The van der Waals surface area contributed by atoms with Gasteiger partial charge in [-0.3, -0.25) is 0 Å². The largest absolute Gasteiger partial charge is 0.0851 e. The van der Waals surface area contributed by atoms with E-state index in [-0.39, 0.29) is 0 Å². The Kier molecular flexibility index (Phi) is 2.23. The first-order chi connectivity index (χ1) is 6.32. The molecule has 0 nitrogen and oxygen atoms in total. The zero-order valence-corrected chi connectivity index (χ0v) is 12.3. The van der Waals surface area contributed by atoms with Gasteiger partial charge in [0.15, 0.2) is 0 Å². The van der Waals surface area contributed by atoms with Crippen molar-refractivity contribution in [3.05, 3.63) is 12.2 Å². The van der Waals surface area contributed by atoms with Crippen LogP contribution in [0, 0.1) is 23.2 Å². The summed E-state index contributed by atoms with van der Waals surface area (Å²) in [5.74, 6) is 2.78. The molecule has 1 saturated carbocycles. The summed E-state index contributed by atoms with van der Waals surface area (Å²) in [5, 5.41) is 0.565. The summed E-state index contributed by atoms with van der Waals surface area (Å²) in [6.45, 7) is 9.91. The Balaban J connectivity index is 2.20. The third-order valence-electron chi connectivity index (χ3n) is 5.14. The lowest BCUT2D eigenvalue weighted by Crippen LogP contribution is -2.36. The predicted molar refractivity (Wildman–Crippen MR) is 66.6 cm³/mol. The van der Waals surface area contributed by atoms with Crippen molar-refractivity contribution >= 4 is 10.2 Å². The van der Waals surface area contributed by atoms with Crippen LogP contribution in [0.15, 0.2) is 12.2 Å². The standard InChI is InChI=1S/C13H24Si/c1-12(2,13(3,4)14)11-8-9-5-6-10(11)7-9/h5-6,9-11H,7-8H2,1-4,14H3. The minimum Gasteiger partial charge on any atom is -0.0851 e. The molecule has 0 saturated heterocycles. The van der Waals surface area contributed by atoms with E-state index in [4.69, 9.17) is 0 Å². The second kappa shape index (κ2) is 2.97. The average molecular weight is 208 g/mol. The monoisotopic (exact) mass is 208 g/mol. The fraction of sp³-hybridized carbons (Fsp3) is 0.846. The van der Waals surface area contributed by atoms with Crippen molar-refractivity contribution in [2.24, 2.45) is 23.2 Å². The van der Waals surface area contributed by atoms with Gasteiger partial charge in [-0.25, -0.2) is 0 Å². The summed E-state index contributed by atoms with van der Waals surface area (Å²) in [6.07, 6.45) is 7.86. The van der Waals surface area contributed by atoms with Crippen molar-refractivity contribution in [2.75, 3.05) is 0 Å². The van der Waals surface area contributed by atoms with Crippen molar-refractivity contribution < 1.29 is 0 Å². The fourth-order valence-corrected chi connectivity index (χ4v) is 3.54. The van der Waals surface area contributed by atoms with Gasteiger partial charge in [0.2, 0.25) is 0 Å². The number of allylic oxidation sites excluding steroid dienone is 2. The molecule has 1 fully saturated rings. The molecule has 14 heavy (non-hydrogen) atoms. The molecule has 3 atom stereocenters. The lowest BCUT2D eigenvalue weighted by molar-refractivity contribution is 0.127. The Bertz CT molecular complexity index is 257. The minimum absolute atomic E-state index is 0.531. The van der Waals surface area contributed by atoms with E-state index in [1.165, 1.54) is 23.1 Å². The molecule has 0 N–H and O–H groups in total. The van der Waals surface area contributed by atoms with Crippen molar-refractivity contribution in [1.82, 2.24) is 0 Å². The van der Waals surface area contributed by atoms with Crippen LogP contribution in [0.25, 0.3) is 0 Å². The summed E-state index contributed by atoms with van der Waals surface area (Å²) in [7, 11) is 1.31. The predicted octanol–water partition coefficient (Wildman–Crippen LogP) is 2.79. The van der Waals surface area contributed by atoms with Gasteiger partial charge in [-0.15, -0.1) is 0 Å². The maximum atomic E-state index is 2.50. The van der Waals surface area contributed by atoms with Gasteiger partial charge in [0.1, 0.15) is 0 Å². The molecule has 2 rings (SSSR count). The molecule has 1 heteroatoms. The third kappa shape index (κ3) is 1.41. The molecule has 0 radical (unpaired) electrons. The molecule has 0 aliphatic heterocycles. The third-order valence-corrected chi connectivity index (χ3v) is 6.43. The number of hydrogen-bond donors (Lipinski definition) is 0. The number of rotatable bonds is 2. The van der Waals surface area contributed by atoms with Gasteiger partial charge >= 0.3 is 0 Å². The Morgan fingerprint density at radius 2 is 1.71 bits per heavy atom. The highest BCUT2D eigenvalue weighted by Crippen LogP contribution is 2.58. The second-order valence-corrected chi connectivity index (χ2v) is 9.36. The molecule has 0 aromatic rings. The summed E-state index contributed by atoms with van der Waals surface area (Å²) in [4.78, 5) is 0. The van der Waals surface area contributed by atoms with Crippen LogP contribution in [0.1, 0.15) is 40.5 Å². The maximum absolute atomic E-state index is 2.50. The van der Waals surface area contributed by atoms with E-state index in [0.29, 0.717) is 10.5 Å². The van der Waals surface area contributed by atoms with E-state index in [2.05, 4.69) is 39.8 Å². The van der Waals surface area contributed by atoms with Gasteiger partial charge < -0.3 is 0 Å². The lowest BCUT2D eigenvalue weighted by Gasteiger charge is -2.46. The molecule has 3 unspecified atom stereocenters. The number of fused-ring (bicyclic) bond motifs is 2. The fourth-order valence-electron chi connectivity index (χ4n) is 3.17.